The fraction of sp³-hybridized carbons (Fsp3) is 0.333. The summed E-state index contributed by atoms with van der Waals surface area (Å²) in [5, 5.41) is 7.74. The van der Waals surface area contributed by atoms with Crippen molar-refractivity contribution in [3.8, 4) is 16.9 Å². The van der Waals surface area contributed by atoms with Gasteiger partial charge >= 0.3 is 6.36 Å². The average molecular weight is 609 g/mol. The van der Waals surface area contributed by atoms with E-state index in [-0.39, 0.29) is 49.2 Å². The van der Waals surface area contributed by atoms with Crippen LogP contribution in [0, 0.1) is 13.8 Å². The number of fused-ring (bicyclic) bond motifs is 1. The maximum Gasteiger partial charge on any atom is 0.573 e. The van der Waals surface area contributed by atoms with Crippen molar-refractivity contribution in [2.45, 2.75) is 64.5 Å². The molecule has 4 aromatic rings. The van der Waals surface area contributed by atoms with Gasteiger partial charge in [0.15, 0.2) is 0 Å². The number of anilines is 2. The van der Waals surface area contributed by atoms with Crippen LogP contribution in [0.4, 0.5) is 24.9 Å². The van der Waals surface area contributed by atoms with E-state index in [2.05, 4.69) is 25.3 Å². The molecule has 0 aliphatic heterocycles. The highest BCUT2D eigenvalue weighted by molar-refractivity contribution is 5.92. The van der Waals surface area contributed by atoms with Gasteiger partial charge in [0.05, 0.1) is 5.52 Å². The zero-order chi connectivity index (χ0) is 27.6. The van der Waals surface area contributed by atoms with Gasteiger partial charge in [-0.15, -0.1) is 38.0 Å². The maximum absolute atomic E-state index is 13.2. The molecule has 1 heterocycles. The molecule has 0 unspecified atom stereocenters. The monoisotopic (exact) mass is 607 g/mol. The summed E-state index contributed by atoms with van der Waals surface area (Å²) >= 11 is 0. The highest BCUT2D eigenvalue weighted by atomic mass is 35.5. The van der Waals surface area contributed by atoms with Crippen LogP contribution in [0.1, 0.15) is 42.4 Å². The molecule has 1 aromatic heterocycles. The molecule has 0 amide bonds. The summed E-state index contributed by atoms with van der Waals surface area (Å²) < 4.78 is 43.9. The molecular weight excluding hydrogens is 574 g/mol. The van der Waals surface area contributed by atoms with Crippen LogP contribution in [-0.4, -0.2) is 28.4 Å². The van der Waals surface area contributed by atoms with Crippen LogP contribution < -0.4 is 21.1 Å². The summed E-state index contributed by atoms with van der Waals surface area (Å²) in [6, 6.07) is 18.6. The topological polar surface area (TPSA) is 85.1 Å². The van der Waals surface area contributed by atoms with Crippen LogP contribution in [0.5, 0.6) is 5.75 Å². The molecule has 5 rings (SSSR count). The van der Waals surface area contributed by atoms with Crippen molar-refractivity contribution in [1.82, 2.24) is 15.3 Å². The summed E-state index contributed by atoms with van der Waals surface area (Å²) in [6.07, 6.45) is -1.26. The van der Waals surface area contributed by atoms with E-state index >= 15 is 0 Å². The third kappa shape index (κ3) is 7.93. The van der Waals surface area contributed by atoms with Crippen molar-refractivity contribution < 1.29 is 17.9 Å². The summed E-state index contributed by atoms with van der Waals surface area (Å²) in [4.78, 5) is 9.17. The van der Waals surface area contributed by atoms with Gasteiger partial charge in [0.1, 0.15) is 11.6 Å². The Kier molecular flexibility index (Phi) is 10.7. The number of nitrogens with two attached hydrogens (primary N) is 1. The van der Waals surface area contributed by atoms with Gasteiger partial charge in [-0.1, -0.05) is 48.5 Å². The van der Waals surface area contributed by atoms with E-state index in [9.17, 15) is 13.2 Å². The van der Waals surface area contributed by atoms with Crippen LogP contribution in [0.3, 0.4) is 0 Å². The molecule has 0 atom stereocenters. The smallest absolute Gasteiger partial charge is 0.405 e. The summed E-state index contributed by atoms with van der Waals surface area (Å²) in [5.41, 5.74) is 11.3. The van der Waals surface area contributed by atoms with Crippen molar-refractivity contribution in [3.05, 3.63) is 77.4 Å². The lowest BCUT2D eigenvalue weighted by Crippen LogP contribution is -2.37. The van der Waals surface area contributed by atoms with E-state index in [1.807, 2.05) is 62.4 Å². The largest absolute Gasteiger partial charge is 0.573 e. The molecule has 6 nitrogen and oxygen atoms in total. The molecule has 4 N–H and O–H groups in total. The number of hydrogen-bond donors (Lipinski definition) is 3. The van der Waals surface area contributed by atoms with Crippen LogP contribution in [0.25, 0.3) is 22.0 Å². The van der Waals surface area contributed by atoms with E-state index in [4.69, 9.17) is 5.73 Å². The number of aryl methyl sites for hydroxylation is 2. The van der Waals surface area contributed by atoms with Gasteiger partial charge in [-0.25, -0.2) is 4.98 Å². The fourth-order valence-electron chi connectivity index (χ4n) is 5.20. The minimum Gasteiger partial charge on any atom is -0.405 e. The Hall–Kier alpha value is -3.27. The number of hydrogen-bond acceptors (Lipinski definition) is 6. The van der Waals surface area contributed by atoms with E-state index in [0.717, 1.165) is 53.3 Å². The lowest BCUT2D eigenvalue weighted by atomic mass is 9.91. The van der Waals surface area contributed by atoms with E-state index < -0.39 is 6.36 Å². The highest BCUT2D eigenvalue weighted by Gasteiger charge is 2.32. The van der Waals surface area contributed by atoms with Crippen LogP contribution >= 0.6 is 24.8 Å². The summed E-state index contributed by atoms with van der Waals surface area (Å²) in [6.45, 7) is 4.34. The Balaban J connectivity index is 0.00000231. The van der Waals surface area contributed by atoms with Gasteiger partial charge in [-0.3, -0.25) is 0 Å². The Morgan fingerprint density at radius 2 is 1.56 bits per heavy atom. The Labute approximate surface area is 250 Å². The maximum atomic E-state index is 13.2. The zero-order valence-corrected chi connectivity index (χ0v) is 24.4. The lowest BCUT2D eigenvalue weighted by molar-refractivity contribution is -0.274. The molecule has 11 heteroatoms. The minimum atomic E-state index is -4.76. The summed E-state index contributed by atoms with van der Waals surface area (Å²) in [5.74, 6) is 0.810. The molecule has 41 heavy (non-hydrogen) atoms. The Bertz CT molecular complexity index is 1460. The first-order valence-corrected chi connectivity index (χ1v) is 13.1. The zero-order valence-electron chi connectivity index (χ0n) is 22.8. The first-order chi connectivity index (χ1) is 18.7. The molecule has 0 spiro atoms. The Morgan fingerprint density at radius 3 is 2.24 bits per heavy atom. The first-order valence-electron chi connectivity index (χ1n) is 13.1. The van der Waals surface area contributed by atoms with Gasteiger partial charge < -0.3 is 21.1 Å². The van der Waals surface area contributed by atoms with Gasteiger partial charge in [-0.05, 0) is 73.9 Å². The van der Waals surface area contributed by atoms with Crippen molar-refractivity contribution in [2.24, 2.45) is 0 Å². The number of halogens is 5. The molecule has 1 aliphatic carbocycles. The predicted octanol–water partition coefficient (Wildman–Crippen LogP) is 7.75. The fourth-order valence-corrected chi connectivity index (χ4v) is 5.20. The SMILES string of the molecule is Cc1ccc2nc(NC3CCC(NCc4ccc(-c5ccccc5)cc4OC(F)(F)F)CC3)nc(N)c2c1C.Cl.Cl. The van der Waals surface area contributed by atoms with Gasteiger partial charge in [0, 0.05) is 29.6 Å². The van der Waals surface area contributed by atoms with Crippen molar-refractivity contribution in [3.63, 3.8) is 0 Å². The molecule has 1 aliphatic rings. The van der Waals surface area contributed by atoms with Crippen molar-refractivity contribution >= 4 is 47.5 Å². The van der Waals surface area contributed by atoms with Gasteiger partial charge in [0.25, 0.3) is 0 Å². The van der Waals surface area contributed by atoms with Crippen LogP contribution in [0.2, 0.25) is 0 Å². The van der Waals surface area contributed by atoms with Crippen LogP contribution in [-0.2, 0) is 6.54 Å². The quantitative estimate of drug-likeness (QED) is 0.199. The lowest BCUT2D eigenvalue weighted by Gasteiger charge is -2.30. The standard InChI is InChI=1S/C30H32F3N5O.2ClH/c1-18-8-15-25-27(19(18)2)28(34)38-29(37-25)36-24-13-11-23(12-14-24)35-17-22-10-9-21(20-6-4-3-5-7-20)16-26(22)39-30(31,32)33;;/h3-10,15-16,23-24,35H,11-14,17H2,1-2H3,(H3,34,36,37,38);2*1H. The molecule has 0 bridgehead atoms. The number of nitrogens with zero attached hydrogens (tertiary/aromatic N) is 2. The van der Waals surface area contributed by atoms with Crippen molar-refractivity contribution in [2.75, 3.05) is 11.1 Å². The third-order valence-corrected chi connectivity index (χ3v) is 7.46. The normalized spacial score (nSPS) is 16.9. The minimum absolute atomic E-state index is 0. The molecule has 1 fully saturated rings. The number of aromatic nitrogens is 2. The second-order valence-electron chi connectivity index (χ2n) is 10.1. The van der Waals surface area contributed by atoms with Gasteiger partial charge in [0.2, 0.25) is 5.95 Å². The predicted molar refractivity (Wildman–Crippen MR) is 163 cm³/mol. The Morgan fingerprint density at radius 1 is 0.878 bits per heavy atom. The third-order valence-electron chi connectivity index (χ3n) is 7.46. The first kappa shape index (κ1) is 32.2. The highest BCUT2D eigenvalue weighted by Crippen LogP contribution is 2.32. The molecule has 0 radical (unpaired) electrons. The number of ether oxygens (including phenoxy) is 1. The van der Waals surface area contributed by atoms with E-state index in [0.29, 0.717) is 22.9 Å². The average Bonchev–Trinajstić information content (AvgIpc) is 2.90. The van der Waals surface area contributed by atoms with E-state index in [1.165, 1.54) is 6.07 Å². The molecule has 0 saturated heterocycles. The van der Waals surface area contributed by atoms with Gasteiger partial charge in [-0.2, -0.15) is 4.98 Å². The number of rotatable bonds is 7. The molecule has 220 valence electrons. The number of benzene rings is 3. The number of alkyl halides is 3. The molecular formula is C30H34Cl2F3N5O. The molecule has 1 saturated carbocycles. The summed E-state index contributed by atoms with van der Waals surface area (Å²) in [7, 11) is 0. The number of nitrogens with one attached hydrogen (secondary N) is 2. The van der Waals surface area contributed by atoms with E-state index in [1.54, 1.807) is 6.07 Å². The second kappa shape index (κ2) is 13.6. The van der Waals surface area contributed by atoms with Crippen LogP contribution in [0.15, 0.2) is 60.7 Å². The second-order valence-corrected chi connectivity index (χ2v) is 10.1. The molecule has 3 aromatic carbocycles. The van der Waals surface area contributed by atoms with Crippen molar-refractivity contribution in [1.29, 1.82) is 0 Å². The number of nitrogen functional groups attached to an aromatic ring is 1.